The van der Waals surface area contributed by atoms with Crippen molar-refractivity contribution in [3.8, 4) is 17.2 Å². The molecule has 13 heteroatoms. The van der Waals surface area contributed by atoms with Crippen molar-refractivity contribution >= 4 is 17.5 Å². The fourth-order valence-electron chi connectivity index (χ4n) is 7.07. The van der Waals surface area contributed by atoms with E-state index in [0.29, 0.717) is 0 Å². The van der Waals surface area contributed by atoms with Crippen molar-refractivity contribution in [3.63, 3.8) is 0 Å². The summed E-state index contributed by atoms with van der Waals surface area (Å²) in [7, 11) is 4.39. The fraction of sp³-hybridized carbons (Fsp3) is 0.483. The van der Waals surface area contributed by atoms with E-state index in [4.69, 9.17) is 14.2 Å². The molecule has 6 rings (SSSR count). The lowest BCUT2D eigenvalue weighted by Crippen LogP contribution is -2.68. The van der Waals surface area contributed by atoms with Crippen LogP contribution >= 0.6 is 0 Å². The van der Waals surface area contributed by atoms with Gasteiger partial charge >= 0.3 is 5.97 Å². The number of aromatic hydroxyl groups is 2. The first kappa shape index (κ1) is 28.5. The molecule has 0 amide bonds. The number of ketones is 2. The van der Waals surface area contributed by atoms with Crippen molar-refractivity contribution in [2.24, 2.45) is 0 Å². The molecule has 2 aliphatic heterocycles. The summed E-state index contributed by atoms with van der Waals surface area (Å²) in [5.74, 6) is -5.77. The molecule has 0 aromatic heterocycles. The molecule has 6 N–H and O–H groups in total. The van der Waals surface area contributed by atoms with Gasteiger partial charge in [-0.3, -0.25) is 14.4 Å². The molecule has 2 bridgehead atoms. The number of methoxy groups -OCH3 is 1. The van der Waals surface area contributed by atoms with E-state index in [1.54, 1.807) is 19.0 Å². The number of phenolic OH excluding ortho intramolecular Hbond substituents is 2. The molecular weight excluding hydrogens is 554 g/mol. The Balaban J connectivity index is 1.60. The molecule has 2 aliphatic carbocycles. The smallest absolute Gasteiger partial charge is 0.316 e. The van der Waals surface area contributed by atoms with E-state index in [1.807, 2.05) is 0 Å². The number of carbonyl (C=O) groups excluding carboxylic acids is 3. The van der Waals surface area contributed by atoms with Gasteiger partial charge in [0.25, 0.3) is 0 Å². The molecule has 224 valence electrons. The highest BCUT2D eigenvalue weighted by Crippen LogP contribution is 2.55. The topological polar surface area (TPSA) is 204 Å². The van der Waals surface area contributed by atoms with Gasteiger partial charge in [0.15, 0.2) is 5.78 Å². The Morgan fingerprint density at radius 1 is 1.05 bits per heavy atom. The maximum Gasteiger partial charge on any atom is 0.316 e. The number of likely N-dealkylation sites (N-methyl/N-ethyl adjacent to an activating group) is 1. The number of ether oxygens (including phenoxy) is 3. The summed E-state index contributed by atoms with van der Waals surface area (Å²) in [6, 6.07) is 1.44. The molecule has 13 nitrogen and oxygen atoms in total. The zero-order valence-electron chi connectivity index (χ0n) is 23.4. The monoisotopic (exact) mass is 585 g/mol. The lowest BCUT2D eigenvalue weighted by Gasteiger charge is -2.53. The fourth-order valence-corrected chi connectivity index (χ4v) is 7.07. The van der Waals surface area contributed by atoms with Crippen LogP contribution in [-0.4, -0.2) is 104 Å². The second kappa shape index (κ2) is 8.96. The van der Waals surface area contributed by atoms with Crippen LogP contribution in [0.5, 0.6) is 17.2 Å². The van der Waals surface area contributed by atoms with E-state index in [-0.39, 0.29) is 40.0 Å². The number of rotatable bonds is 2. The van der Waals surface area contributed by atoms with Gasteiger partial charge in [-0.2, -0.15) is 0 Å². The van der Waals surface area contributed by atoms with Crippen molar-refractivity contribution in [3.05, 3.63) is 51.1 Å². The Morgan fingerprint density at radius 2 is 1.71 bits per heavy atom. The maximum absolute atomic E-state index is 14.2. The summed E-state index contributed by atoms with van der Waals surface area (Å²) in [5, 5.41) is 66.5. The molecule has 2 aromatic carbocycles. The molecule has 0 unspecified atom stereocenters. The van der Waals surface area contributed by atoms with Crippen LogP contribution in [0.25, 0.3) is 0 Å². The van der Waals surface area contributed by atoms with E-state index >= 15 is 0 Å². The highest BCUT2D eigenvalue weighted by Gasteiger charge is 2.59. The van der Waals surface area contributed by atoms with Gasteiger partial charge < -0.3 is 49.7 Å². The Morgan fingerprint density at radius 3 is 2.33 bits per heavy atom. The predicted molar refractivity (Wildman–Crippen MR) is 140 cm³/mol. The van der Waals surface area contributed by atoms with Gasteiger partial charge in [0.05, 0.1) is 41.5 Å². The largest absolute Gasteiger partial charge is 0.507 e. The van der Waals surface area contributed by atoms with Crippen LogP contribution in [-0.2, 0) is 19.9 Å². The number of benzene rings is 2. The summed E-state index contributed by atoms with van der Waals surface area (Å²) in [4.78, 5) is 42.4. The van der Waals surface area contributed by atoms with Gasteiger partial charge in [-0.1, -0.05) is 0 Å². The Bertz CT molecular complexity index is 1580. The lowest BCUT2D eigenvalue weighted by molar-refractivity contribution is -0.311. The number of esters is 1. The lowest BCUT2D eigenvalue weighted by atomic mass is 9.68. The van der Waals surface area contributed by atoms with Gasteiger partial charge in [0.2, 0.25) is 12.1 Å². The van der Waals surface area contributed by atoms with Gasteiger partial charge in [0.1, 0.15) is 41.0 Å². The second-order valence-corrected chi connectivity index (χ2v) is 12.0. The van der Waals surface area contributed by atoms with E-state index < -0.39 is 87.9 Å². The summed E-state index contributed by atoms with van der Waals surface area (Å²) < 4.78 is 16.7. The molecule has 1 saturated heterocycles. The molecule has 2 aromatic rings. The average Bonchev–Trinajstić information content (AvgIpc) is 2.89. The van der Waals surface area contributed by atoms with Gasteiger partial charge in [-0.05, 0) is 45.6 Å². The van der Waals surface area contributed by atoms with E-state index in [1.165, 1.54) is 13.8 Å². The Kier molecular flexibility index (Phi) is 6.08. The van der Waals surface area contributed by atoms with Crippen molar-refractivity contribution < 1.29 is 59.2 Å². The number of carbonyl (C=O) groups is 3. The summed E-state index contributed by atoms with van der Waals surface area (Å²) in [6.45, 7) is 2.81. The highest BCUT2D eigenvalue weighted by molar-refractivity contribution is 6.31. The van der Waals surface area contributed by atoms with Gasteiger partial charge in [-0.15, -0.1) is 0 Å². The van der Waals surface area contributed by atoms with Gasteiger partial charge in [0, 0.05) is 23.1 Å². The first-order valence-electron chi connectivity index (χ1n) is 13.3. The molecule has 0 saturated carbocycles. The van der Waals surface area contributed by atoms with Crippen molar-refractivity contribution in [2.75, 3.05) is 21.2 Å². The summed E-state index contributed by atoms with van der Waals surface area (Å²) in [6.07, 6.45) is -5.98. The minimum Gasteiger partial charge on any atom is -0.507 e. The van der Waals surface area contributed by atoms with Crippen LogP contribution in [0.3, 0.4) is 0 Å². The van der Waals surface area contributed by atoms with Crippen LogP contribution in [0.2, 0.25) is 0 Å². The Labute approximate surface area is 239 Å². The van der Waals surface area contributed by atoms with E-state index in [2.05, 4.69) is 0 Å². The van der Waals surface area contributed by atoms with Crippen molar-refractivity contribution in [2.45, 2.75) is 68.0 Å². The SMILES string of the molecule is COC(=O)[C@H]1c2cc3c(c(O)c2[C@H](O)C[C@@]1(C)O)C(=O)c1c(O)cc2c(c1C3=O)O[C@H]1O[C@@]2(C)[C@@H](O)[C@@H](N(C)C)[C@H]1O. The van der Waals surface area contributed by atoms with Crippen LogP contribution in [0, 0.1) is 0 Å². The third kappa shape index (κ3) is 3.49. The number of phenols is 2. The summed E-state index contributed by atoms with van der Waals surface area (Å²) >= 11 is 0. The molecule has 42 heavy (non-hydrogen) atoms. The minimum absolute atomic E-state index is 0.0545. The third-order valence-electron chi connectivity index (χ3n) is 9.11. The van der Waals surface area contributed by atoms with E-state index in [0.717, 1.165) is 19.2 Å². The van der Waals surface area contributed by atoms with E-state index in [9.17, 15) is 45.0 Å². The van der Waals surface area contributed by atoms with Crippen LogP contribution in [0.1, 0.15) is 80.8 Å². The number of aliphatic hydroxyl groups excluding tert-OH is 3. The third-order valence-corrected chi connectivity index (χ3v) is 9.11. The zero-order chi connectivity index (χ0) is 30.8. The summed E-state index contributed by atoms with van der Waals surface area (Å²) in [5.41, 5.74) is -5.43. The molecule has 0 radical (unpaired) electrons. The first-order chi connectivity index (χ1) is 19.6. The quantitative estimate of drug-likeness (QED) is 0.218. The molecule has 4 aliphatic rings. The predicted octanol–water partition coefficient (Wildman–Crippen LogP) is -0.0662. The van der Waals surface area contributed by atoms with Crippen molar-refractivity contribution in [1.29, 1.82) is 0 Å². The number of hydrogen-bond donors (Lipinski definition) is 6. The standard InChI is InChI=1S/C29H31NO12/c1-28(39)8-13(32)14-9(18(28)26(38)40-5)6-10-15(21(14)34)22(35)16-12(31)7-11-24(17(16)20(10)33)41-27-23(36)19(30(3)4)25(37)29(11,2)42-27/h6-7,13,18-19,23,25,27,31-32,34,36-37,39H,8H2,1-5H3/t13-,18-,19+,23-,25+,27+,28-,29-/m1/s1. The minimum atomic E-state index is -1.83. The highest BCUT2D eigenvalue weighted by atomic mass is 16.7. The van der Waals surface area contributed by atoms with Crippen molar-refractivity contribution in [1.82, 2.24) is 4.90 Å². The molecule has 8 atom stereocenters. The normalized spacial score (nSPS) is 34.6. The molecule has 0 spiro atoms. The first-order valence-corrected chi connectivity index (χ1v) is 13.3. The molecule has 1 fully saturated rings. The zero-order valence-corrected chi connectivity index (χ0v) is 23.4. The number of nitrogens with zero attached hydrogens (tertiary/aromatic N) is 1. The maximum atomic E-state index is 14.2. The molecular formula is C29H31NO12. The van der Waals surface area contributed by atoms with Crippen LogP contribution < -0.4 is 4.74 Å². The number of hydrogen-bond acceptors (Lipinski definition) is 13. The molecule has 2 heterocycles. The number of aliphatic hydroxyl groups is 4. The Hall–Kier alpha value is -3.59. The van der Waals surface area contributed by atoms with Crippen LogP contribution in [0.4, 0.5) is 0 Å². The second-order valence-electron chi connectivity index (χ2n) is 12.0. The van der Waals surface area contributed by atoms with Gasteiger partial charge in [-0.25, -0.2) is 0 Å². The van der Waals surface area contributed by atoms with Crippen LogP contribution in [0.15, 0.2) is 12.1 Å². The number of fused-ring (bicyclic) bond motifs is 8. The average molecular weight is 586 g/mol.